The predicted octanol–water partition coefficient (Wildman–Crippen LogP) is 5.95. The van der Waals surface area contributed by atoms with Crippen molar-refractivity contribution < 1.29 is 42.1 Å². The topological polar surface area (TPSA) is 108 Å². The van der Waals surface area contributed by atoms with E-state index in [2.05, 4.69) is 19.1 Å². The SMILES string of the molecule is CCCCCCCC/C=C\CCCCCCCC(=O)OC[C@H](COP(=O)(O)OCC[N+](C)(C)C)OC=O. The number of likely N-dealkylation sites (N-methyl/N-ethyl adjacent to an activating group) is 1. The molecule has 9 nitrogen and oxygen atoms in total. The molecule has 0 radical (unpaired) electrons. The minimum absolute atomic E-state index is 0.0292. The molecule has 0 aromatic heterocycles. The quantitative estimate of drug-likeness (QED) is 0.0352. The molecule has 0 aromatic rings. The average molecular weight is 551 g/mol. The van der Waals surface area contributed by atoms with Gasteiger partial charge in [0.05, 0.1) is 27.7 Å². The fourth-order valence-electron chi connectivity index (χ4n) is 3.45. The third-order valence-electron chi connectivity index (χ3n) is 5.76. The molecule has 0 heterocycles. The highest BCUT2D eigenvalue weighted by Crippen LogP contribution is 2.43. The molecule has 0 aromatic carbocycles. The standard InChI is InChI=1S/C27H52NO8P/c1-5-6-7-8-9-10-11-12-13-14-15-16-17-18-19-20-27(30)33-23-26(34-25-29)24-36-37(31,32)35-22-21-28(2,3)4/h12-13,25-26H,5-11,14-24H2,1-4H3/p+1/b13-12-/t26-/m1/s1. The van der Waals surface area contributed by atoms with Gasteiger partial charge in [-0.25, -0.2) is 4.57 Å². The molecule has 0 fully saturated rings. The smallest absolute Gasteiger partial charge is 0.462 e. The zero-order chi connectivity index (χ0) is 27.8. The number of carbonyl (C=O) groups excluding carboxylic acids is 2. The van der Waals surface area contributed by atoms with E-state index in [-0.39, 0.29) is 26.1 Å². The number of quaternary nitrogens is 1. The van der Waals surface area contributed by atoms with Gasteiger partial charge in [0.1, 0.15) is 19.8 Å². The molecular formula is C27H53NO8P+. The third kappa shape index (κ3) is 26.2. The lowest BCUT2D eigenvalue weighted by molar-refractivity contribution is -0.870. The molecule has 0 aliphatic rings. The highest BCUT2D eigenvalue weighted by Gasteiger charge is 2.25. The van der Waals surface area contributed by atoms with Crippen molar-refractivity contribution in [3.8, 4) is 0 Å². The van der Waals surface area contributed by atoms with Gasteiger partial charge < -0.3 is 18.9 Å². The van der Waals surface area contributed by atoms with Crippen molar-refractivity contribution >= 4 is 20.3 Å². The van der Waals surface area contributed by atoms with Crippen LogP contribution in [0.4, 0.5) is 0 Å². The van der Waals surface area contributed by atoms with E-state index in [1.165, 1.54) is 44.9 Å². The van der Waals surface area contributed by atoms with Crippen molar-refractivity contribution in [2.24, 2.45) is 0 Å². The lowest BCUT2D eigenvalue weighted by Gasteiger charge is -2.24. The van der Waals surface area contributed by atoms with Crippen LogP contribution in [0.3, 0.4) is 0 Å². The Labute approximate surface area is 225 Å². The first-order valence-electron chi connectivity index (χ1n) is 13.9. The highest BCUT2D eigenvalue weighted by atomic mass is 31.2. The highest BCUT2D eigenvalue weighted by molar-refractivity contribution is 7.47. The number of hydrogen-bond acceptors (Lipinski definition) is 7. The fraction of sp³-hybridized carbons (Fsp3) is 0.852. The third-order valence-corrected chi connectivity index (χ3v) is 6.75. The summed E-state index contributed by atoms with van der Waals surface area (Å²) in [5.41, 5.74) is 0. The van der Waals surface area contributed by atoms with Gasteiger partial charge >= 0.3 is 13.8 Å². The van der Waals surface area contributed by atoms with Crippen molar-refractivity contribution in [3.05, 3.63) is 12.2 Å². The van der Waals surface area contributed by atoms with Crippen LogP contribution in [0.5, 0.6) is 0 Å². The summed E-state index contributed by atoms with van der Waals surface area (Å²) in [5, 5.41) is 0. The minimum Gasteiger partial charge on any atom is -0.462 e. The second-order valence-corrected chi connectivity index (χ2v) is 11.9. The van der Waals surface area contributed by atoms with E-state index < -0.39 is 26.5 Å². The molecule has 0 aliphatic carbocycles. The number of esters is 1. The summed E-state index contributed by atoms with van der Waals surface area (Å²) in [7, 11) is 1.47. The van der Waals surface area contributed by atoms with Crippen LogP contribution in [0.2, 0.25) is 0 Å². The van der Waals surface area contributed by atoms with Gasteiger partial charge in [-0.15, -0.1) is 0 Å². The van der Waals surface area contributed by atoms with Crippen LogP contribution in [-0.4, -0.2) is 75.4 Å². The summed E-state index contributed by atoms with van der Waals surface area (Å²) in [5.74, 6) is -0.400. The lowest BCUT2D eigenvalue weighted by Crippen LogP contribution is -2.37. The number of ether oxygens (including phenoxy) is 2. The maximum atomic E-state index is 12.0. The number of hydrogen-bond donors (Lipinski definition) is 1. The Kier molecular flexibility index (Phi) is 21.9. The minimum atomic E-state index is -4.30. The molecule has 37 heavy (non-hydrogen) atoms. The van der Waals surface area contributed by atoms with E-state index >= 15 is 0 Å². The van der Waals surface area contributed by atoms with Crippen LogP contribution in [0, 0.1) is 0 Å². The molecule has 0 bridgehead atoms. The van der Waals surface area contributed by atoms with Gasteiger partial charge in [0.15, 0.2) is 6.10 Å². The Morgan fingerprint density at radius 1 is 0.865 bits per heavy atom. The molecular weight excluding hydrogens is 497 g/mol. The van der Waals surface area contributed by atoms with Crippen molar-refractivity contribution in [2.75, 3.05) is 47.5 Å². The maximum Gasteiger partial charge on any atom is 0.472 e. The van der Waals surface area contributed by atoms with Crippen molar-refractivity contribution in [2.45, 2.75) is 103 Å². The first kappa shape index (κ1) is 35.8. The zero-order valence-corrected chi connectivity index (χ0v) is 24.6. The zero-order valence-electron chi connectivity index (χ0n) is 23.7. The van der Waals surface area contributed by atoms with Crippen LogP contribution in [0.25, 0.3) is 0 Å². The van der Waals surface area contributed by atoms with E-state index in [1.807, 2.05) is 21.1 Å². The van der Waals surface area contributed by atoms with Crippen molar-refractivity contribution in [3.63, 3.8) is 0 Å². The lowest BCUT2D eigenvalue weighted by atomic mass is 10.1. The predicted molar refractivity (Wildman–Crippen MR) is 146 cm³/mol. The Morgan fingerprint density at radius 3 is 2.00 bits per heavy atom. The first-order chi connectivity index (χ1) is 17.6. The summed E-state index contributed by atoms with van der Waals surface area (Å²) in [6.45, 7) is 2.30. The monoisotopic (exact) mass is 550 g/mol. The summed E-state index contributed by atoms with van der Waals surface area (Å²) in [4.78, 5) is 32.4. The van der Waals surface area contributed by atoms with Crippen molar-refractivity contribution in [1.29, 1.82) is 0 Å². The molecule has 0 aliphatic heterocycles. The number of nitrogens with zero attached hydrogens (tertiary/aromatic N) is 1. The number of allylic oxidation sites excluding steroid dienone is 2. The van der Waals surface area contributed by atoms with Gasteiger partial charge in [-0.3, -0.25) is 18.6 Å². The van der Waals surface area contributed by atoms with E-state index in [4.69, 9.17) is 18.5 Å². The van der Waals surface area contributed by atoms with E-state index in [1.54, 1.807) is 0 Å². The van der Waals surface area contributed by atoms with E-state index in [0.717, 1.165) is 38.5 Å². The number of carbonyl (C=O) groups is 2. The van der Waals surface area contributed by atoms with Crippen molar-refractivity contribution in [1.82, 2.24) is 0 Å². The molecule has 0 saturated heterocycles. The van der Waals surface area contributed by atoms with Gasteiger partial charge in [-0.1, -0.05) is 70.4 Å². The van der Waals surface area contributed by atoms with Gasteiger partial charge in [0.2, 0.25) is 0 Å². The van der Waals surface area contributed by atoms with E-state index in [0.29, 0.717) is 11.0 Å². The van der Waals surface area contributed by atoms with Gasteiger partial charge in [-0.05, 0) is 32.1 Å². The van der Waals surface area contributed by atoms with E-state index in [9.17, 15) is 19.0 Å². The number of rotatable bonds is 26. The largest absolute Gasteiger partial charge is 0.472 e. The van der Waals surface area contributed by atoms with Crippen LogP contribution >= 0.6 is 7.82 Å². The second-order valence-electron chi connectivity index (χ2n) is 10.5. The van der Waals surface area contributed by atoms with Gasteiger partial charge in [-0.2, -0.15) is 0 Å². The Bertz CT molecular complexity index is 651. The van der Waals surface area contributed by atoms with Crippen LogP contribution in [-0.2, 0) is 32.7 Å². The fourth-order valence-corrected chi connectivity index (χ4v) is 4.19. The normalized spacial score (nSPS) is 14.4. The molecule has 1 N–H and O–H groups in total. The molecule has 0 saturated carbocycles. The molecule has 0 rings (SSSR count). The van der Waals surface area contributed by atoms with Crippen LogP contribution in [0.1, 0.15) is 96.8 Å². The molecule has 0 amide bonds. The molecule has 1 unspecified atom stereocenters. The average Bonchev–Trinajstić information content (AvgIpc) is 2.82. The summed E-state index contributed by atoms with van der Waals surface area (Å²) in [6, 6.07) is 0. The Hall–Kier alpha value is -1.25. The van der Waals surface area contributed by atoms with Crippen LogP contribution < -0.4 is 0 Å². The summed E-state index contributed by atoms with van der Waals surface area (Å²) in [6.07, 6.45) is 19.2. The maximum absolute atomic E-state index is 12.0. The Balaban J connectivity index is 3.83. The van der Waals surface area contributed by atoms with Crippen LogP contribution in [0.15, 0.2) is 12.2 Å². The summed E-state index contributed by atoms with van der Waals surface area (Å²) < 4.78 is 32.3. The number of phosphoric ester groups is 1. The Morgan fingerprint density at radius 2 is 1.43 bits per heavy atom. The molecule has 218 valence electrons. The first-order valence-corrected chi connectivity index (χ1v) is 15.4. The summed E-state index contributed by atoms with van der Waals surface area (Å²) >= 11 is 0. The van der Waals surface area contributed by atoms with Gasteiger partial charge in [0, 0.05) is 6.42 Å². The number of unbranched alkanes of at least 4 members (excludes halogenated alkanes) is 11. The molecule has 10 heteroatoms. The van der Waals surface area contributed by atoms with Gasteiger partial charge in [0.25, 0.3) is 6.47 Å². The molecule has 0 spiro atoms. The second kappa shape index (κ2) is 22.7. The molecule has 2 atom stereocenters. The number of phosphoric acid groups is 1.